The molecule has 0 N–H and O–H groups in total. The lowest BCUT2D eigenvalue weighted by Gasteiger charge is -2.17. The minimum absolute atomic E-state index is 0.759. The van der Waals surface area contributed by atoms with Crippen molar-refractivity contribution in [3.05, 3.63) is 48.0 Å². The molecule has 0 nitrogen and oxygen atoms in total. The molecule has 0 heterocycles. The topological polar surface area (TPSA) is 0 Å². The Labute approximate surface area is 79.3 Å². The Balaban J connectivity index is 1.92. The zero-order valence-corrected chi connectivity index (χ0v) is 7.61. The average Bonchev–Trinajstić information content (AvgIpc) is 2.80. The number of hydrogen-bond acceptors (Lipinski definition) is 0. The van der Waals surface area contributed by atoms with Crippen molar-refractivity contribution in [1.82, 2.24) is 0 Å². The monoisotopic (exact) mass is 169 g/mol. The number of hydrogen-bond donors (Lipinski definition) is 0. The Bertz CT molecular complexity index is 323. The molecule has 0 aromatic heterocycles. The van der Waals surface area contributed by atoms with Gasteiger partial charge in [0, 0.05) is 0 Å². The van der Waals surface area contributed by atoms with E-state index in [9.17, 15) is 0 Å². The first-order valence-electron chi connectivity index (χ1n) is 5.08. The Morgan fingerprint density at radius 3 is 2.54 bits per heavy atom. The fraction of sp³-hybridized carbons (Fsp3) is 0.385. The molecular weight excluding hydrogens is 156 g/mol. The van der Waals surface area contributed by atoms with E-state index in [1.165, 1.54) is 18.4 Å². The van der Waals surface area contributed by atoms with Gasteiger partial charge < -0.3 is 0 Å². The van der Waals surface area contributed by atoms with Gasteiger partial charge in [0.2, 0.25) is 0 Å². The van der Waals surface area contributed by atoms with Crippen LogP contribution >= 0.6 is 0 Å². The number of rotatable bonds is 1. The van der Waals surface area contributed by atoms with E-state index in [0.29, 0.717) is 0 Å². The van der Waals surface area contributed by atoms with Gasteiger partial charge in [-0.2, -0.15) is 0 Å². The third-order valence-corrected chi connectivity index (χ3v) is 3.39. The molecule has 2 aliphatic carbocycles. The zero-order valence-electron chi connectivity index (χ0n) is 7.61. The molecule has 13 heavy (non-hydrogen) atoms. The highest BCUT2D eigenvalue weighted by atomic mass is 14.4. The zero-order chi connectivity index (χ0) is 8.67. The first-order valence-corrected chi connectivity index (χ1v) is 5.08. The summed E-state index contributed by atoms with van der Waals surface area (Å²) in [6, 6.07) is 10.9. The molecule has 1 radical (unpaired) electrons. The molecule has 0 heteroatoms. The van der Waals surface area contributed by atoms with Crippen LogP contribution in [0, 0.1) is 17.9 Å². The van der Waals surface area contributed by atoms with Crippen LogP contribution in [0.3, 0.4) is 0 Å². The third kappa shape index (κ3) is 1.13. The normalized spacial score (nSPS) is 35.5. The fourth-order valence-electron chi connectivity index (χ4n) is 2.73. The van der Waals surface area contributed by atoms with E-state index in [2.05, 4.69) is 42.5 Å². The maximum atomic E-state index is 3.43. The molecule has 2 aliphatic rings. The summed E-state index contributed by atoms with van der Waals surface area (Å²) in [6.45, 7) is 0. The lowest BCUT2D eigenvalue weighted by Crippen LogP contribution is -2.04. The molecule has 1 saturated carbocycles. The van der Waals surface area contributed by atoms with Crippen molar-refractivity contribution in [2.24, 2.45) is 11.8 Å². The number of fused-ring (bicyclic) bond motifs is 2. The molecule has 0 aliphatic heterocycles. The predicted octanol–water partition coefficient (Wildman–Crippen LogP) is 3.17. The molecule has 1 aromatic carbocycles. The maximum Gasteiger partial charge on any atom is -0.00928 e. The van der Waals surface area contributed by atoms with Gasteiger partial charge in [-0.05, 0) is 42.2 Å². The second kappa shape index (κ2) is 2.73. The van der Waals surface area contributed by atoms with Gasteiger partial charge in [-0.3, -0.25) is 0 Å². The Hall–Kier alpha value is -1.04. The molecule has 3 atom stereocenters. The molecule has 1 fully saturated rings. The van der Waals surface area contributed by atoms with Crippen LogP contribution in [-0.2, 0) is 0 Å². The molecule has 1 aromatic rings. The second-order valence-corrected chi connectivity index (χ2v) is 4.18. The van der Waals surface area contributed by atoms with Gasteiger partial charge >= 0.3 is 0 Å². The Morgan fingerprint density at radius 2 is 1.92 bits per heavy atom. The van der Waals surface area contributed by atoms with Crippen LogP contribution in [0.2, 0.25) is 0 Å². The first-order chi connectivity index (χ1) is 6.43. The van der Waals surface area contributed by atoms with E-state index >= 15 is 0 Å². The lowest BCUT2D eigenvalue weighted by atomic mass is 9.87. The highest BCUT2D eigenvalue weighted by Crippen LogP contribution is 2.48. The van der Waals surface area contributed by atoms with Crippen molar-refractivity contribution in [3.8, 4) is 0 Å². The quantitative estimate of drug-likeness (QED) is 0.605. The summed E-state index contributed by atoms with van der Waals surface area (Å²) in [4.78, 5) is 0. The summed E-state index contributed by atoms with van der Waals surface area (Å²) in [5.74, 6) is 2.33. The van der Waals surface area contributed by atoms with Gasteiger partial charge in [-0.25, -0.2) is 0 Å². The summed E-state index contributed by atoms with van der Waals surface area (Å²) in [6.07, 6.45) is 8.40. The van der Waals surface area contributed by atoms with E-state index in [4.69, 9.17) is 0 Å². The number of allylic oxidation sites excluding steroid dienone is 2. The van der Waals surface area contributed by atoms with Gasteiger partial charge in [0.1, 0.15) is 0 Å². The van der Waals surface area contributed by atoms with Crippen LogP contribution in [-0.4, -0.2) is 0 Å². The highest BCUT2D eigenvalue weighted by Gasteiger charge is 2.36. The van der Waals surface area contributed by atoms with Crippen LogP contribution in [0.25, 0.3) is 0 Å². The van der Waals surface area contributed by atoms with E-state index in [1.54, 1.807) is 0 Å². The number of benzene rings is 1. The van der Waals surface area contributed by atoms with Crippen molar-refractivity contribution >= 4 is 0 Å². The van der Waals surface area contributed by atoms with Crippen LogP contribution in [0.4, 0.5) is 0 Å². The molecule has 3 unspecified atom stereocenters. The molecule has 2 bridgehead atoms. The van der Waals surface area contributed by atoms with Crippen molar-refractivity contribution in [3.63, 3.8) is 0 Å². The Morgan fingerprint density at radius 1 is 1.08 bits per heavy atom. The fourth-order valence-corrected chi connectivity index (χ4v) is 2.73. The summed E-state index contributed by atoms with van der Waals surface area (Å²) >= 11 is 0. The minimum atomic E-state index is 0.759. The van der Waals surface area contributed by atoms with E-state index in [-0.39, 0.29) is 0 Å². The van der Waals surface area contributed by atoms with Gasteiger partial charge in [-0.1, -0.05) is 36.4 Å². The summed E-state index contributed by atoms with van der Waals surface area (Å²) in [5, 5.41) is 0. The van der Waals surface area contributed by atoms with Gasteiger partial charge in [0.15, 0.2) is 0 Å². The molecule has 65 valence electrons. The summed E-state index contributed by atoms with van der Waals surface area (Å²) < 4.78 is 0. The first kappa shape index (κ1) is 7.37. The SMILES string of the molecule is [C]1=CC2CC1CC2c1ccccc1. The Kier molecular flexibility index (Phi) is 1.55. The van der Waals surface area contributed by atoms with Crippen LogP contribution in [0.1, 0.15) is 24.3 Å². The second-order valence-electron chi connectivity index (χ2n) is 4.18. The van der Waals surface area contributed by atoms with E-state index < -0.39 is 0 Å². The van der Waals surface area contributed by atoms with Gasteiger partial charge in [-0.15, -0.1) is 0 Å². The lowest BCUT2D eigenvalue weighted by molar-refractivity contribution is 0.581. The van der Waals surface area contributed by atoms with Crippen molar-refractivity contribution < 1.29 is 0 Å². The van der Waals surface area contributed by atoms with Gasteiger partial charge in [0.25, 0.3) is 0 Å². The minimum Gasteiger partial charge on any atom is -0.0770 e. The standard InChI is InChI=1S/C13H13/c1-2-4-11(5-3-1)13-9-10-6-7-12(13)8-10/h1-5,7,10,12-13H,8-9H2. The largest absolute Gasteiger partial charge is 0.0770 e. The summed E-state index contributed by atoms with van der Waals surface area (Å²) in [5.41, 5.74) is 1.52. The molecule has 3 rings (SSSR count). The molecule has 0 spiro atoms. The maximum absolute atomic E-state index is 3.43. The highest BCUT2D eigenvalue weighted by molar-refractivity contribution is 5.25. The summed E-state index contributed by atoms with van der Waals surface area (Å²) in [7, 11) is 0. The van der Waals surface area contributed by atoms with Crippen LogP contribution < -0.4 is 0 Å². The molecular formula is C13H13. The van der Waals surface area contributed by atoms with Crippen molar-refractivity contribution in [2.45, 2.75) is 18.8 Å². The van der Waals surface area contributed by atoms with Gasteiger partial charge in [0.05, 0.1) is 0 Å². The van der Waals surface area contributed by atoms with Crippen molar-refractivity contribution in [2.75, 3.05) is 0 Å². The third-order valence-electron chi connectivity index (χ3n) is 3.39. The predicted molar refractivity (Wildman–Crippen MR) is 53.2 cm³/mol. The van der Waals surface area contributed by atoms with E-state index in [0.717, 1.165) is 17.8 Å². The van der Waals surface area contributed by atoms with Crippen LogP contribution in [0.15, 0.2) is 36.4 Å². The smallest absolute Gasteiger partial charge is 0.00928 e. The molecule has 0 amide bonds. The van der Waals surface area contributed by atoms with E-state index in [1.807, 2.05) is 0 Å². The average molecular weight is 169 g/mol. The molecule has 0 saturated heterocycles. The van der Waals surface area contributed by atoms with Crippen LogP contribution in [0.5, 0.6) is 0 Å². The van der Waals surface area contributed by atoms with Crippen molar-refractivity contribution in [1.29, 1.82) is 0 Å².